The Hall–Kier alpha value is -7.70. The molecule has 0 radical (unpaired) electrons. The fourth-order valence-electron chi connectivity index (χ4n) is 8.90. The van der Waals surface area contributed by atoms with E-state index in [1.165, 1.54) is 11.1 Å². The summed E-state index contributed by atoms with van der Waals surface area (Å²) in [4.78, 5) is 23.5. The summed E-state index contributed by atoms with van der Waals surface area (Å²) < 4.78 is 2.23. The van der Waals surface area contributed by atoms with Crippen LogP contribution in [0.1, 0.15) is 25.0 Å². The molecule has 0 bridgehead atoms. The number of nitrogens with zero attached hydrogens (tertiary/aromatic N) is 6. The minimum absolute atomic E-state index is 0.407. The topological polar surface area (TPSA) is 59.7 Å². The highest BCUT2D eigenvalue weighted by molar-refractivity contribution is 6.11. The molecule has 0 saturated heterocycles. The number of aromatic nitrogens is 5. The zero-order valence-corrected chi connectivity index (χ0v) is 32.7. The summed E-state index contributed by atoms with van der Waals surface area (Å²) in [5, 5.41) is 1.04. The Morgan fingerprint density at radius 2 is 1.02 bits per heavy atom. The molecule has 0 fully saturated rings. The number of rotatable bonds is 6. The molecular weight excluding hydrogens is 721 g/mol. The third kappa shape index (κ3) is 5.71. The first-order chi connectivity index (χ1) is 29.0. The molecule has 0 atom stereocenters. The summed E-state index contributed by atoms with van der Waals surface area (Å²) in [5.74, 6) is 1.71. The highest BCUT2D eigenvalue weighted by Gasteiger charge is 2.40. The monoisotopic (exact) mass is 758 g/mol. The largest absolute Gasteiger partial charge is 0.310 e. The second-order valence-electron chi connectivity index (χ2n) is 15.6. The Labute approximate surface area is 342 Å². The summed E-state index contributed by atoms with van der Waals surface area (Å²) in [7, 11) is 0. The lowest BCUT2D eigenvalue weighted by Gasteiger charge is -2.42. The molecule has 59 heavy (non-hydrogen) atoms. The summed E-state index contributed by atoms with van der Waals surface area (Å²) in [5.41, 5.74) is 14.5. The first kappa shape index (κ1) is 34.5. The van der Waals surface area contributed by atoms with Crippen LogP contribution in [0.25, 0.3) is 72.9 Å². The number of anilines is 3. The van der Waals surface area contributed by atoms with Crippen LogP contribution in [0.5, 0.6) is 0 Å². The van der Waals surface area contributed by atoms with Crippen molar-refractivity contribution in [3.8, 4) is 51.0 Å². The van der Waals surface area contributed by atoms with Crippen LogP contribution in [0.4, 0.5) is 17.1 Å². The van der Waals surface area contributed by atoms with E-state index in [0.29, 0.717) is 17.6 Å². The van der Waals surface area contributed by atoms with Crippen molar-refractivity contribution < 1.29 is 0 Å². The molecule has 0 aliphatic carbocycles. The number of hydrogen-bond donors (Lipinski definition) is 0. The van der Waals surface area contributed by atoms with Crippen LogP contribution in [0.3, 0.4) is 0 Å². The lowest BCUT2D eigenvalue weighted by molar-refractivity contribution is 0.635. The molecule has 0 amide bonds. The van der Waals surface area contributed by atoms with E-state index in [1.54, 1.807) is 0 Å². The van der Waals surface area contributed by atoms with Gasteiger partial charge in [0.15, 0.2) is 11.6 Å². The van der Waals surface area contributed by atoms with Crippen LogP contribution in [-0.4, -0.2) is 24.5 Å². The minimum Gasteiger partial charge on any atom is -0.310 e. The Morgan fingerprint density at radius 1 is 0.458 bits per heavy atom. The quantitative estimate of drug-likeness (QED) is 0.169. The van der Waals surface area contributed by atoms with Crippen molar-refractivity contribution >= 4 is 39.0 Å². The van der Waals surface area contributed by atoms with Gasteiger partial charge in [-0.25, -0.2) is 4.98 Å². The molecule has 0 spiro atoms. The van der Waals surface area contributed by atoms with Gasteiger partial charge in [-0.2, -0.15) is 9.97 Å². The van der Waals surface area contributed by atoms with Crippen LogP contribution in [0, 0.1) is 0 Å². The van der Waals surface area contributed by atoms with Crippen LogP contribution in [-0.2, 0) is 5.41 Å². The molecule has 6 heteroatoms. The van der Waals surface area contributed by atoms with E-state index in [0.717, 1.165) is 72.4 Å². The second-order valence-corrected chi connectivity index (χ2v) is 15.6. The Morgan fingerprint density at radius 3 is 1.66 bits per heavy atom. The van der Waals surface area contributed by atoms with E-state index < -0.39 is 5.41 Å². The Balaban J connectivity index is 1.22. The summed E-state index contributed by atoms with van der Waals surface area (Å²) in [6.45, 7) is 4.66. The van der Waals surface area contributed by atoms with E-state index in [1.807, 2.05) is 24.4 Å². The van der Waals surface area contributed by atoms with Gasteiger partial charge < -0.3 is 4.90 Å². The predicted octanol–water partition coefficient (Wildman–Crippen LogP) is 13.1. The average molecular weight is 759 g/mol. The van der Waals surface area contributed by atoms with Crippen LogP contribution >= 0.6 is 0 Å². The highest BCUT2D eigenvalue weighted by Crippen LogP contribution is 2.55. The molecule has 11 rings (SSSR count). The third-order valence-electron chi connectivity index (χ3n) is 11.6. The van der Waals surface area contributed by atoms with Gasteiger partial charge in [0.05, 0.1) is 27.9 Å². The van der Waals surface area contributed by atoms with Gasteiger partial charge in [0.1, 0.15) is 0 Å². The maximum atomic E-state index is 5.40. The molecular formula is C53H38N6. The normalized spacial score (nSPS) is 13.0. The first-order valence-electron chi connectivity index (χ1n) is 20.0. The van der Waals surface area contributed by atoms with Crippen molar-refractivity contribution in [2.45, 2.75) is 19.3 Å². The zero-order chi connectivity index (χ0) is 39.5. The molecule has 3 aromatic heterocycles. The fraction of sp³-hybridized carbons (Fsp3) is 0.0566. The molecule has 0 saturated carbocycles. The molecule has 0 N–H and O–H groups in total. The average Bonchev–Trinajstić information content (AvgIpc) is 3.64. The van der Waals surface area contributed by atoms with Gasteiger partial charge >= 0.3 is 0 Å². The third-order valence-corrected chi connectivity index (χ3v) is 11.6. The fourth-order valence-corrected chi connectivity index (χ4v) is 8.90. The summed E-state index contributed by atoms with van der Waals surface area (Å²) >= 11 is 0. The van der Waals surface area contributed by atoms with Gasteiger partial charge in [-0.05, 0) is 82.4 Å². The lowest BCUT2D eigenvalue weighted by atomic mass is 9.72. The van der Waals surface area contributed by atoms with E-state index in [-0.39, 0.29) is 0 Å². The molecule has 0 unspecified atom stereocenters. The number of pyridine rings is 1. The van der Waals surface area contributed by atoms with Crippen molar-refractivity contribution in [3.05, 3.63) is 205 Å². The van der Waals surface area contributed by atoms with Gasteiger partial charge in [-0.1, -0.05) is 147 Å². The van der Waals surface area contributed by atoms with E-state index >= 15 is 0 Å². The molecule has 7 aromatic carbocycles. The summed E-state index contributed by atoms with van der Waals surface area (Å²) in [6.07, 6.45) is 1.87. The maximum absolute atomic E-state index is 5.40. The van der Waals surface area contributed by atoms with E-state index in [2.05, 4.69) is 193 Å². The predicted molar refractivity (Wildman–Crippen MR) is 241 cm³/mol. The zero-order valence-electron chi connectivity index (χ0n) is 32.7. The van der Waals surface area contributed by atoms with Crippen LogP contribution in [0.15, 0.2) is 194 Å². The molecule has 1 aliphatic rings. The van der Waals surface area contributed by atoms with Gasteiger partial charge in [0.25, 0.3) is 0 Å². The van der Waals surface area contributed by atoms with E-state index in [4.69, 9.17) is 19.9 Å². The number of fused-ring (bicyclic) bond motifs is 6. The van der Waals surface area contributed by atoms with E-state index in [9.17, 15) is 0 Å². The van der Waals surface area contributed by atoms with Crippen molar-refractivity contribution in [1.29, 1.82) is 0 Å². The SMILES string of the molecule is CC1(C)c2ccccc2N(c2ccccc2)c2ccc3c4ncccc4n(-c4nc(-c5cccc(-c6ccccc6)c5)nc(-c5cccc(-c6ccccc6)c5)n4)c3c21. The minimum atomic E-state index is -0.407. The van der Waals surface area contributed by atoms with Crippen molar-refractivity contribution in [1.82, 2.24) is 24.5 Å². The lowest BCUT2D eigenvalue weighted by Crippen LogP contribution is -2.31. The molecule has 10 aromatic rings. The molecule has 6 nitrogen and oxygen atoms in total. The second kappa shape index (κ2) is 13.7. The Bertz CT molecular complexity index is 3090. The molecule has 280 valence electrons. The number of benzene rings is 7. The van der Waals surface area contributed by atoms with Crippen LogP contribution < -0.4 is 4.90 Å². The van der Waals surface area contributed by atoms with Gasteiger partial charge in [-0.15, -0.1) is 0 Å². The standard InChI is InChI=1S/C53H38N6/c1-53(2)43-27-12-13-28-44(43)58(41-25-10-5-11-26-41)45-31-30-42-48-46(29-16-32-54-48)59(49(42)47(45)53)52-56-50(39-23-14-21-37(33-39)35-17-6-3-7-18-35)55-51(57-52)40-24-15-22-38(34-40)36-19-8-4-9-20-36/h3-34H,1-2H3. The smallest absolute Gasteiger partial charge is 0.238 e. The van der Waals surface area contributed by atoms with Crippen molar-refractivity contribution in [2.24, 2.45) is 0 Å². The molecule has 4 heterocycles. The first-order valence-corrected chi connectivity index (χ1v) is 20.0. The molecule has 1 aliphatic heterocycles. The van der Waals surface area contributed by atoms with Crippen molar-refractivity contribution in [2.75, 3.05) is 4.90 Å². The summed E-state index contributed by atoms with van der Waals surface area (Å²) in [6, 6.07) is 65.8. The van der Waals surface area contributed by atoms with Crippen LogP contribution in [0.2, 0.25) is 0 Å². The van der Waals surface area contributed by atoms with Crippen molar-refractivity contribution in [3.63, 3.8) is 0 Å². The van der Waals surface area contributed by atoms with Gasteiger partial charge in [0, 0.05) is 39.4 Å². The van der Waals surface area contributed by atoms with Gasteiger partial charge in [-0.3, -0.25) is 9.55 Å². The highest BCUT2D eigenvalue weighted by atomic mass is 15.2. The number of hydrogen-bond acceptors (Lipinski definition) is 5. The number of para-hydroxylation sites is 2. The van der Waals surface area contributed by atoms with Gasteiger partial charge in [0.2, 0.25) is 5.95 Å². The maximum Gasteiger partial charge on any atom is 0.238 e. The Kier molecular flexibility index (Phi) is 8.05.